The fourth-order valence-corrected chi connectivity index (χ4v) is 5.06. The van der Waals surface area contributed by atoms with Crippen LogP contribution in [0.1, 0.15) is 52.0 Å². The fraction of sp³-hybridized carbons (Fsp3) is 0.650. The van der Waals surface area contributed by atoms with Gasteiger partial charge in [-0.2, -0.15) is 0 Å². The van der Waals surface area contributed by atoms with Gasteiger partial charge in [0.25, 0.3) is 0 Å². The minimum atomic E-state index is -0.847. The van der Waals surface area contributed by atoms with Crippen LogP contribution in [-0.4, -0.2) is 40.8 Å². The summed E-state index contributed by atoms with van der Waals surface area (Å²) in [4.78, 5) is 6.85. The highest BCUT2D eigenvalue weighted by molar-refractivity contribution is 14.0. The maximum absolute atomic E-state index is 12.3. The third-order valence-electron chi connectivity index (χ3n) is 5.51. The van der Waals surface area contributed by atoms with Gasteiger partial charge in [0.05, 0.1) is 0 Å². The summed E-state index contributed by atoms with van der Waals surface area (Å²) in [6, 6.07) is 8.78. The molecule has 0 aromatic heterocycles. The molecule has 0 bridgehead atoms. The Morgan fingerprint density at radius 3 is 2.54 bits per heavy atom. The van der Waals surface area contributed by atoms with Gasteiger partial charge in [0.15, 0.2) is 5.96 Å². The molecule has 6 heteroatoms. The predicted molar refractivity (Wildman–Crippen MR) is 123 cm³/mol. The minimum absolute atomic E-state index is 0. The minimum Gasteiger partial charge on any atom is -0.355 e. The Morgan fingerprint density at radius 1 is 1.27 bits per heavy atom. The SMILES string of the molecule is CN=C(NCCS(=O)C(C)(C)C)N1CC2(CCCC2)c2ccccc21.I. The highest BCUT2D eigenvalue weighted by Gasteiger charge is 2.45. The molecule has 146 valence electrons. The number of nitrogens with zero attached hydrogens (tertiary/aromatic N) is 2. The lowest BCUT2D eigenvalue weighted by molar-refractivity contribution is 0.478. The molecule has 1 N–H and O–H groups in total. The Labute approximate surface area is 177 Å². The summed E-state index contributed by atoms with van der Waals surface area (Å²) in [5, 5.41) is 3.44. The normalized spacial score (nSPS) is 20.0. The van der Waals surface area contributed by atoms with Crippen LogP contribution in [0.3, 0.4) is 0 Å². The number of hydrogen-bond acceptors (Lipinski definition) is 2. The summed E-state index contributed by atoms with van der Waals surface area (Å²) in [6.45, 7) is 7.77. The number of nitrogens with one attached hydrogen (secondary N) is 1. The number of anilines is 1. The molecule has 1 aliphatic carbocycles. The summed E-state index contributed by atoms with van der Waals surface area (Å²) in [5.74, 6) is 1.55. The van der Waals surface area contributed by atoms with Crippen molar-refractivity contribution in [1.29, 1.82) is 0 Å². The van der Waals surface area contributed by atoms with Gasteiger partial charge in [0.1, 0.15) is 0 Å². The van der Waals surface area contributed by atoms with Crippen LogP contribution in [0.15, 0.2) is 29.3 Å². The van der Waals surface area contributed by atoms with Crippen LogP contribution in [0, 0.1) is 0 Å². The Balaban J connectivity index is 0.00000243. The van der Waals surface area contributed by atoms with Gasteiger partial charge >= 0.3 is 0 Å². The zero-order valence-electron chi connectivity index (χ0n) is 16.4. The first-order valence-electron chi connectivity index (χ1n) is 9.34. The van der Waals surface area contributed by atoms with Crippen LogP contribution in [0.2, 0.25) is 0 Å². The third kappa shape index (κ3) is 4.26. The smallest absolute Gasteiger partial charge is 0.198 e. The van der Waals surface area contributed by atoms with Gasteiger partial charge in [0.2, 0.25) is 0 Å². The van der Waals surface area contributed by atoms with Crippen molar-refractivity contribution in [3.63, 3.8) is 0 Å². The number of guanidine groups is 1. The number of aliphatic imine (C=N–C) groups is 1. The van der Waals surface area contributed by atoms with E-state index in [0.717, 1.165) is 12.5 Å². The maximum Gasteiger partial charge on any atom is 0.198 e. The van der Waals surface area contributed by atoms with Crippen molar-refractivity contribution in [2.75, 3.05) is 30.8 Å². The Kier molecular flexibility index (Phi) is 7.16. The molecule has 0 saturated heterocycles. The van der Waals surface area contributed by atoms with Gasteiger partial charge in [0, 0.05) is 52.5 Å². The number of benzene rings is 1. The number of rotatable bonds is 3. The van der Waals surface area contributed by atoms with Crippen LogP contribution < -0.4 is 10.2 Å². The molecule has 1 aliphatic heterocycles. The van der Waals surface area contributed by atoms with E-state index >= 15 is 0 Å². The second-order valence-corrected chi connectivity index (χ2v) is 10.6. The zero-order chi connectivity index (χ0) is 18.1. The van der Waals surface area contributed by atoms with Crippen LogP contribution in [0.5, 0.6) is 0 Å². The molecule has 1 unspecified atom stereocenters. The van der Waals surface area contributed by atoms with Gasteiger partial charge < -0.3 is 10.2 Å². The second kappa shape index (κ2) is 8.59. The second-order valence-electron chi connectivity index (χ2n) is 8.23. The first kappa shape index (κ1) is 21.7. The lowest BCUT2D eigenvalue weighted by Crippen LogP contribution is -2.45. The average molecular weight is 489 g/mol. The number of halogens is 1. The van der Waals surface area contributed by atoms with E-state index in [1.165, 1.54) is 36.9 Å². The highest BCUT2D eigenvalue weighted by Crippen LogP contribution is 2.50. The quantitative estimate of drug-likeness (QED) is 0.396. The van der Waals surface area contributed by atoms with Crippen LogP contribution in [-0.2, 0) is 16.2 Å². The van der Waals surface area contributed by atoms with Gasteiger partial charge in [-0.25, -0.2) is 0 Å². The average Bonchev–Trinajstić information content (AvgIpc) is 3.18. The summed E-state index contributed by atoms with van der Waals surface area (Å²) in [5.41, 5.74) is 3.06. The Hall–Kier alpha value is -0.630. The standard InChI is InChI=1S/C20H31N3OS.HI/c1-19(2,3)25(24)14-13-22-18(21-4)23-15-20(11-7-8-12-20)16-9-5-6-10-17(16)23;/h5-6,9-10H,7-8,11-15H2,1-4H3,(H,21,22);1H. The first-order chi connectivity index (χ1) is 11.9. The van der Waals surface area contributed by atoms with E-state index in [1.807, 2.05) is 27.8 Å². The molecular formula is C20H32IN3OS. The van der Waals surface area contributed by atoms with E-state index < -0.39 is 10.8 Å². The van der Waals surface area contributed by atoms with Gasteiger partial charge in [-0.1, -0.05) is 31.0 Å². The van der Waals surface area contributed by atoms with Crippen molar-refractivity contribution in [3.05, 3.63) is 29.8 Å². The summed E-state index contributed by atoms with van der Waals surface area (Å²) in [7, 11) is 0.992. The van der Waals surface area contributed by atoms with Crippen molar-refractivity contribution in [1.82, 2.24) is 5.32 Å². The molecule has 3 rings (SSSR count). The molecule has 4 nitrogen and oxygen atoms in total. The molecule has 1 heterocycles. The number of fused-ring (bicyclic) bond motifs is 2. The van der Waals surface area contributed by atoms with Crippen LogP contribution >= 0.6 is 24.0 Å². The topological polar surface area (TPSA) is 44.7 Å². The Morgan fingerprint density at radius 2 is 1.92 bits per heavy atom. The van der Waals surface area contributed by atoms with Crippen LogP contribution in [0.25, 0.3) is 0 Å². The summed E-state index contributed by atoms with van der Waals surface area (Å²) >= 11 is 0. The van der Waals surface area contributed by atoms with Crippen molar-refractivity contribution in [2.24, 2.45) is 4.99 Å². The molecular weight excluding hydrogens is 457 g/mol. The molecule has 26 heavy (non-hydrogen) atoms. The molecule has 1 saturated carbocycles. The van der Waals surface area contributed by atoms with Crippen LogP contribution in [0.4, 0.5) is 5.69 Å². The molecule has 2 aliphatic rings. The summed E-state index contributed by atoms with van der Waals surface area (Å²) in [6.07, 6.45) is 5.18. The van der Waals surface area contributed by atoms with E-state index in [9.17, 15) is 4.21 Å². The Bertz CT molecular complexity index is 678. The molecule has 1 fully saturated rings. The predicted octanol–water partition coefficient (Wildman–Crippen LogP) is 4.06. The lowest BCUT2D eigenvalue weighted by Gasteiger charge is -2.27. The van der Waals surface area contributed by atoms with E-state index in [1.54, 1.807) is 0 Å². The van der Waals surface area contributed by atoms with Gasteiger partial charge in [-0.3, -0.25) is 9.20 Å². The molecule has 0 radical (unpaired) electrons. The molecule has 1 spiro atoms. The largest absolute Gasteiger partial charge is 0.355 e. The summed E-state index contributed by atoms with van der Waals surface area (Å²) < 4.78 is 12.1. The van der Waals surface area contributed by atoms with Gasteiger partial charge in [-0.15, -0.1) is 24.0 Å². The lowest BCUT2D eigenvalue weighted by atomic mass is 9.81. The monoisotopic (exact) mass is 489 g/mol. The van der Waals surface area contributed by atoms with Crippen molar-refractivity contribution >= 4 is 46.4 Å². The van der Waals surface area contributed by atoms with Crippen molar-refractivity contribution in [3.8, 4) is 0 Å². The van der Waals surface area contributed by atoms with E-state index in [0.29, 0.717) is 17.7 Å². The molecule has 1 aromatic carbocycles. The molecule has 1 atom stereocenters. The van der Waals surface area contributed by atoms with E-state index in [-0.39, 0.29) is 28.7 Å². The highest BCUT2D eigenvalue weighted by atomic mass is 127. The van der Waals surface area contributed by atoms with E-state index in [4.69, 9.17) is 0 Å². The zero-order valence-corrected chi connectivity index (χ0v) is 19.5. The maximum atomic E-state index is 12.3. The molecule has 0 amide bonds. The van der Waals surface area contributed by atoms with Gasteiger partial charge in [-0.05, 0) is 45.2 Å². The number of hydrogen-bond donors (Lipinski definition) is 1. The van der Waals surface area contributed by atoms with Crippen molar-refractivity contribution < 1.29 is 4.21 Å². The number of para-hydroxylation sites is 1. The fourth-order valence-electron chi connectivity index (χ4n) is 4.16. The third-order valence-corrected chi connectivity index (χ3v) is 7.45. The van der Waals surface area contributed by atoms with E-state index in [2.05, 4.69) is 39.5 Å². The van der Waals surface area contributed by atoms with Crippen molar-refractivity contribution in [2.45, 2.75) is 56.6 Å². The first-order valence-corrected chi connectivity index (χ1v) is 10.7. The molecule has 1 aromatic rings.